The lowest BCUT2D eigenvalue weighted by Crippen LogP contribution is -2.24. The van der Waals surface area contributed by atoms with Crippen molar-refractivity contribution in [2.75, 3.05) is 6.54 Å². The molecule has 2 rings (SSSR count). The van der Waals surface area contributed by atoms with Crippen molar-refractivity contribution in [2.24, 2.45) is 0 Å². The standard InChI is InChI=1S/C16H19BrClNO/c1-3-7-19-16(14-6-8-20-11(14)2)9-12-4-5-13(17)10-15(12)18/h4-6,8,10,16,19H,3,7,9H2,1-2H3. The van der Waals surface area contributed by atoms with E-state index in [0.29, 0.717) is 0 Å². The van der Waals surface area contributed by atoms with Crippen molar-refractivity contribution in [1.82, 2.24) is 5.32 Å². The third-order valence-corrected chi connectivity index (χ3v) is 4.20. The fourth-order valence-corrected chi connectivity index (χ4v) is 3.02. The molecule has 108 valence electrons. The first-order chi connectivity index (χ1) is 9.61. The Bertz CT molecular complexity index is 567. The van der Waals surface area contributed by atoms with Gasteiger partial charge in [0.1, 0.15) is 5.76 Å². The molecule has 0 fully saturated rings. The Morgan fingerprint density at radius 3 is 2.75 bits per heavy atom. The van der Waals surface area contributed by atoms with Crippen molar-refractivity contribution >= 4 is 27.5 Å². The molecule has 1 atom stereocenters. The van der Waals surface area contributed by atoms with Gasteiger partial charge in [0.05, 0.1) is 6.26 Å². The summed E-state index contributed by atoms with van der Waals surface area (Å²) in [5.41, 5.74) is 2.35. The molecule has 4 heteroatoms. The maximum absolute atomic E-state index is 6.33. The summed E-state index contributed by atoms with van der Waals surface area (Å²) in [6.07, 6.45) is 3.70. The molecule has 20 heavy (non-hydrogen) atoms. The van der Waals surface area contributed by atoms with Crippen molar-refractivity contribution in [3.8, 4) is 0 Å². The number of halogens is 2. The van der Waals surface area contributed by atoms with Gasteiger partial charge in [0.2, 0.25) is 0 Å². The molecule has 2 nitrogen and oxygen atoms in total. The fourth-order valence-electron chi connectivity index (χ4n) is 2.27. The Kier molecular flexibility index (Phi) is 5.70. The van der Waals surface area contributed by atoms with Gasteiger partial charge in [-0.05, 0) is 50.1 Å². The van der Waals surface area contributed by atoms with Crippen molar-refractivity contribution in [3.63, 3.8) is 0 Å². The number of furan rings is 1. The zero-order valence-corrected chi connectivity index (χ0v) is 14.1. The van der Waals surface area contributed by atoms with Gasteiger partial charge in [-0.25, -0.2) is 0 Å². The van der Waals surface area contributed by atoms with Crippen LogP contribution in [0.1, 0.15) is 36.3 Å². The molecule has 0 saturated carbocycles. The molecule has 1 unspecified atom stereocenters. The molecule has 0 aliphatic heterocycles. The lowest BCUT2D eigenvalue weighted by Gasteiger charge is -2.19. The van der Waals surface area contributed by atoms with E-state index in [1.807, 2.05) is 25.1 Å². The van der Waals surface area contributed by atoms with Gasteiger partial charge in [-0.2, -0.15) is 0 Å². The van der Waals surface area contributed by atoms with Crippen LogP contribution in [0.4, 0.5) is 0 Å². The summed E-state index contributed by atoms with van der Waals surface area (Å²) in [5.74, 6) is 0.965. The predicted octanol–water partition coefficient (Wildman–Crippen LogP) is 5.29. The van der Waals surface area contributed by atoms with Crippen LogP contribution >= 0.6 is 27.5 Å². The summed E-state index contributed by atoms with van der Waals surface area (Å²) in [6, 6.07) is 8.31. The normalized spacial score (nSPS) is 12.6. The second-order valence-corrected chi connectivity index (χ2v) is 6.20. The van der Waals surface area contributed by atoms with E-state index in [2.05, 4.69) is 34.2 Å². The number of hydrogen-bond acceptors (Lipinski definition) is 2. The van der Waals surface area contributed by atoms with Crippen molar-refractivity contribution < 1.29 is 4.42 Å². The van der Waals surface area contributed by atoms with Gasteiger partial charge < -0.3 is 9.73 Å². The van der Waals surface area contributed by atoms with E-state index >= 15 is 0 Å². The predicted molar refractivity (Wildman–Crippen MR) is 87.3 cm³/mol. The molecule has 1 aromatic heterocycles. The average Bonchev–Trinajstić information content (AvgIpc) is 2.83. The molecule has 0 bridgehead atoms. The first-order valence-corrected chi connectivity index (χ1v) is 8.00. The minimum Gasteiger partial charge on any atom is -0.469 e. The Morgan fingerprint density at radius 2 is 2.15 bits per heavy atom. The molecule has 0 spiro atoms. The SMILES string of the molecule is CCCNC(Cc1ccc(Br)cc1Cl)c1ccoc1C. The molecule has 0 amide bonds. The number of rotatable bonds is 6. The summed E-state index contributed by atoms with van der Waals surface area (Å²) in [5, 5.41) is 4.37. The molecular formula is C16H19BrClNO. The zero-order valence-electron chi connectivity index (χ0n) is 11.7. The summed E-state index contributed by atoms with van der Waals surface area (Å²) < 4.78 is 6.44. The van der Waals surface area contributed by atoms with Gasteiger partial charge in [-0.1, -0.05) is 40.5 Å². The molecule has 0 saturated heterocycles. The minimum absolute atomic E-state index is 0.229. The molecule has 0 aliphatic rings. The molecular weight excluding hydrogens is 338 g/mol. The van der Waals surface area contributed by atoms with E-state index < -0.39 is 0 Å². The van der Waals surface area contributed by atoms with Crippen molar-refractivity contribution in [2.45, 2.75) is 32.7 Å². The van der Waals surface area contributed by atoms with E-state index in [9.17, 15) is 0 Å². The monoisotopic (exact) mass is 355 g/mol. The van der Waals surface area contributed by atoms with E-state index in [1.54, 1.807) is 6.26 Å². The quantitative estimate of drug-likeness (QED) is 0.761. The first-order valence-electron chi connectivity index (χ1n) is 6.83. The van der Waals surface area contributed by atoms with Crippen LogP contribution in [0.2, 0.25) is 5.02 Å². The zero-order chi connectivity index (χ0) is 14.5. The second-order valence-electron chi connectivity index (χ2n) is 4.88. The summed E-state index contributed by atoms with van der Waals surface area (Å²) in [7, 11) is 0. The second kappa shape index (κ2) is 7.30. The molecule has 0 aliphatic carbocycles. The summed E-state index contributed by atoms with van der Waals surface area (Å²) in [4.78, 5) is 0. The highest BCUT2D eigenvalue weighted by Crippen LogP contribution is 2.28. The Labute approximate surface area is 133 Å². The third kappa shape index (κ3) is 3.87. The Balaban J connectivity index is 2.21. The van der Waals surface area contributed by atoms with Gasteiger partial charge in [0.25, 0.3) is 0 Å². The fraction of sp³-hybridized carbons (Fsp3) is 0.375. The van der Waals surface area contributed by atoms with Gasteiger partial charge in [-0.3, -0.25) is 0 Å². The number of hydrogen-bond donors (Lipinski definition) is 1. The average molecular weight is 357 g/mol. The lowest BCUT2D eigenvalue weighted by atomic mass is 9.99. The smallest absolute Gasteiger partial charge is 0.105 e. The highest BCUT2D eigenvalue weighted by molar-refractivity contribution is 9.10. The minimum atomic E-state index is 0.229. The summed E-state index contributed by atoms with van der Waals surface area (Å²) in [6.45, 7) is 5.14. The Hall–Kier alpha value is -0.770. The van der Waals surface area contributed by atoms with Crippen LogP contribution in [-0.4, -0.2) is 6.54 Å². The van der Waals surface area contributed by atoms with Crippen molar-refractivity contribution in [1.29, 1.82) is 0 Å². The van der Waals surface area contributed by atoms with Crippen LogP contribution < -0.4 is 5.32 Å². The summed E-state index contributed by atoms with van der Waals surface area (Å²) >= 11 is 9.77. The lowest BCUT2D eigenvalue weighted by molar-refractivity contribution is 0.494. The van der Waals surface area contributed by atoms with E-state index in [4.69, 9.17) is 16.0 Å². The van der Waals surface area contributed by atoms with E-state index in [0.717, 1.165) is 40.2 Å². The number of nitrogens with one attached hydrogen (secondary N) is 1. The number of benzene rings is 1. The van der Waals surface area contributed by atoms with E-state index in [-0.39, 0.29) is 6.04 Å². The first kappa shape index (κ1) is 15.6. The third-order valence-electron chi connectivity index (χ3n) is 3.35. The van der Waals surface area contributed by atoms with Crippen LogP contribution in [0.15, 0.2) is 39.4 Å². The molecule has 1 N–H and O–H groups in total. The molecule has 1 aromatic carbocycles. The largest absolute Gasteiger partial charge is 0.469 e. The van der Waals surface area contributed by atoms with Crippen molar-refractivity contribution in [3.05, 3.63) is 56.9 Å². The number of aryl methyl sites for hydroxylation is 1. The molecule has 1 heterocycles. The molecule has 2 aromatic rings. The van der Waals surface area contributed by atoms with Crippen LogP contribution in [0.3, 0.4) is 0 Å². The molecule has 0 radical (unpaired) electrons. The highest BCUT2D eigenvalue weighted by atomic mass is 79.9. The highest BCUT2D eigenvalue weighted by Gasteiger charge is 2.17. The Morgan fingerprint density at radius 1 is 1.35 bits per heavy atom. The van der Waals surface area contributed by atoms with Crippen LogP contribution in [0.25, 0.3) is 0 Å². The van der Waals surface area contributed by atoms with Gasteiger partial charge in [0.15, 0.2) is 0 Å². The topological polar surface area (TPSA) is 25.2 Å². The van der Waals surface area contributed by atoms with E-state index in [1.165, 1.54) is 5.56 Å². The maximum Gasteiger partial charge on any atom is 0.105 e. The van der Waals surface area contributed by atoms with Gasteiger partial charge in [-0.15, -0.1) is 0 Å². The van der Waals surface area contributed by atoms with Crippen LogP contribution in [0.5, 0.6) is 0 Å². The van der Waals surface area contributed by atoms with Gasteiger partial charge >= 0.3 is 0 Å². The van der Waals surface area contributed by atoms with Gasteiger partial charge in [0, 0.05) is 21.1 Å². The maximum atomic E-state index is 6.33. The van der Waals surface area contributed by atoms with Crippen LogP contribution in [0, 0.1) is 6.92 Å². The van der Waals surface area contributed by atoms with Crippen LogP contribution in [-0.2, 0) is 6.42 Å².